The fourth-order valence-corrected chi connectivity index (χ4v) is 3.23. The maximum absolute atomic E-state index is 12.5. The quantitative estimate of drug-likeness (QED) is 0.810. The molecule has 2 fully saturated rings. The van der Waals surface area contributed by atoms with Crippen LogP contribution in [0.5, 0.6) is 0 Å². The van der Waals surface area contributed by atoms with Crippen LogP contribution >= 0.6 is 12.4 Å². The second kappa shape index (κ2) is 8.64. The molecule has 1 aliphatic heterocycles. The fraction of sp³-hybridized carbons (Fsp3) is 0.812. The Bertz CT molecular complexity index is 344. The normalized spacial score (nSPS) is 21.0. The lowest BCUT2D eigenvalue weighted by atomic mass is 9.89. The number of allylic oxidation sites excluding steroid dienone is 1. The fourth-order valence-electron chi connectivity index (χ4n) is 3.23. The van der Waals surface area contributed by atoms with Crippen molar-refractivity contribution in [2.24, 2.45) is 0 Å². The van der Waals surface area contributed by atoms with E-state index in [1.54, 1.807) is 0 Å². The van der Waals surface area contributed by atoms with Crippen LogP contribution in [-0.2, 0) is 4.74 Å². The van der Waals surface area contributed by atoms with Gasteiger partial charge in [-0.1, -0.05) is 12.2 Å². The SMILES string of the molecule is C=C1CCC(N(C(=O)OC(C)C)C2CCNCC2)CC1.Cl. The topological polar surface area (TPSA) is 41.6 Å². The number of rotatable bonds is 3. The molecule has 0 radical (unpaired) electrons. The number of halogens is 1. The summed E-state index contributed by atoms with van der Waals surface area (Å²) in [6.45, 7) is 9.90. The van der Waals surface area contributed by atoms with Gasteiger partial charge >= 0.3 is 6.09 Å². The summed E-state index contributed by atoms with van der Waals surface area (Å²) in [5.41, 5.74) is 1.32. The molecule has 0 spiro atoms. The number of hydrogen-bond acceptors (Lipinski definition) is 3. The largest absolute Gasteiger partial charge is 0.447 e. The zero-order chi connectivity index (χ0) is 14.5. The van der Waals surface area contributed by atoms with Crippen LogP contribution < -0.4 is 5.32 Å². The maximum atomic E-state index is 12.5. The monoisotopic (exact) mass is 316 g/mol. The van der Waals surface area contributed by atoms with Gasteiger partial charge in [-0.2, -0.15) is 0 Å². The van der Waals surface area contributed by atoms with E-state index in [1.165, 1.54) is 5.57 Å². The van der Waals surface area contributed by atoms with E-state index in [-0.39, 0.29) is 24.6 Å². The summed E-state index contributed by atoms with van der Waals surface area (Å²) in [6.07, 6.45) is 6.05. The van der Waals surface area contributed by atoms with E-state index in [1.807, 2.05) is 18.7 Å². The molecule has 0 unspecified atom stereocenters. The van der Waals surface area contributed by atoms with Crippen LogP contribution in [0.3, 0.4) is 0 Å². The third-order valence-corrected chi connectivity index (χ3v) is 4.31. The van der Waals surface area contributed by atoms with E-state index in [4.69, 9.17) is 4.74 Å². The molecule has 1 saturated carbocycles. The smallest absolute Gasteiger partial charge is 0.410 e. The minimum atomic E-state index is -0.121. The molecule has 0 atom stereocenters. The standard InChI is InChI=1S/C16H28N2O2.ClH/c1-12(2)20-16(19)18(15-8-10-17-11-9-15)14-6-4-13(3)5-7-14;/h12,14-15,17H,3-11H2,1-2H3;1H. The highest BCUT2D eigenvalue weighted by atomic mass is 35.5. The minimum Gasteiger partial charge on any atom is -0.447 e. The molecule has 0 aromatic heterocycles. The summed E-state index contributed by atoms with van der Waals surface area (Å²) in [6, 6.07) is 0.661. The first-order chi connectivity index (χ1) is 9.58. The number of carbonyl (C=O) groups is 1. The van der Waals surface area contributed by atoms with Crippen LogP contribution in [0.4, 0.5) is 4.79 Å². The zero-order valence-electron chi connectivity index (χ0n) is 13.3. The summed E-state index contributed by atoms with van der Waals surface area (Å²) in [7, 11) is 0. The molecule has 2 rings (SSSR count). The van der Waals surface area contributed by atoms with Gasteiger partial charge in [0.2, 0.25) is 0 Å². The summed E-state index contributed by atoms with van der Waals surface area (Å²) in [5, 5.41) is 3.37. The molecule has 2 aliphatic rings. The van der Waals surface area contributed by atoms with Crippen molar-refractivity contribution in [1.29, 1.82) is 0 Å². The predicted molar refractivity (Wildman–Crippen MR) is 88.0 cm³/mol. The van der Waals surface area contributed by atoms with Crippen molar-refractivity contribution in [2.45, 2.75) is 70.6 Å². The lowest BCUT2D eigenvalue weighted by Crippen LogP contribution is -2.52. The van der Waals surface area contributed by atoms with E-state index < -0.39 is 0 Å². The van der Waals surface area contributed by atoms with Crippen molar-refractivity contribution in [2.75, 3.05) is 13.1 Å². The first kappa shape index (κ1) is 18.3. The van der Waals surface area contributed by atoms with E-state index in [0.717, 1.165) is 51.6 Å². The van der Waals surface area contributed by atoms with Crippen LogP contribution in [0.2, 0.25) is 0 Å². The van der Waals surface area contributed by atoms with E-state index in [9.17, 15) is 4.79 Å². The maximum Gasteiger partial charge on any atom is 0.410 e. The Morgan fingerprint density at radius 2 is 1.71 bits per heavy atom. The van der Waals surface area contributed by atoms with Crippen molar-refractivity contribution in [3.05, 3.63) is 12.2 Å². The van der Waals surface area contributed by atoms with Crippen LogP contribution in [0, 0.1) is 0 Å². The van der Waals surface area contributed by atoms with Gasteiger partial charge in [-0.15, -0.1) is 12.4 Å². The molecule has 0 bridgehead atoms. The summed E-state index contributed by atoms with van der Waals surface area (Å²) in [5.74, 6) is 0. The molecule has 0 aromatic carbocycles. The Labute approximate surface area is 134 Å². The molecular formula is C16H29ClN2O2. The first-order valence-corrected chi connectivity index (χ1v) is 7.94. The van der Waals surface area contributed by atoms with Gasteiger partial charge in [0.1, 0.15) is 0 Å². The van der Waals surface area contributed by atoms with Gasteiger partial charge in [0.25, 0.3) is 0 Å². The number of piperidine rings is 1. The molecule has 21 heavy (non-hydrogen) atoms. The molecule has 0 aromatic rings. The summed E-state index contributed by atoms with van der Waals surface area (Å²) < 4.78 is 5.49. The Morgan fingerprint density at radius 3 is 2.24 bits per heavy atom. The Morgan fingerprint density at radius 1 is 1.19 bits per heavy atom. The van der Waals surface area contributed by atoms with Crippen molar-refractivity contribution in [1.82, 2.24) is 10.2 Å². The number of nitrogens with one attached hydrogen (secondary N) is 1. The number of amides is 1. The number of ether oxygens (including phenoxy) is 1. The molecule has 5 heteroatoms. The number of nitrogens with zero attached hydrogens (tertiary/aromatic N) is 1. The Hall–Kier alpha value is -0.740. The zero-order valence-corrected chi connectivity index (χ0v) is 14.1. The molecule has 122 valence electrons. The second-order valence-electron chi connectivity index (χ2n) is 6.30. The number of hydrogen-bond donors (Lipinski definition) is 1. The van der Waals surface area contributed by atoms with E-state index in [0.29, 0.717) is 12.1 Å². The molecule has 1 amide bonds. The van der Waals surface area contributed by atoms with Gasteiger partial charge in [0.05, 0.1) is 6.10 Å². The van der Waals surface area contributed by atoms with Crippen LogP contribution in [0.15, 0.2) is 12.2 Å². The lowest BCUT2D eigenvalue weighted by molar-refractivity contribution is 0.0339. The molecule has 1 saturated heterocycles. The second-order valence-corrected chi connectivity index (χ2v) is 6.30. The van der Waals surface area contributed by atoms with E-state index >= 15 is 0 Å². The molecule has 4 nitrogen and oxygen atoms in total. The molecule has 1 aliphatic carbocycles. The highest BCUT2D eigenvalue weighted by Gasteiger charge is 2.34. The van der Waals surface area contributed by atoms with Gasteiger partial charge in [0, 0.05) is 12.1 Å². The minimum absolute atomic E-state index is 0. The van der Waals surface area contributed by atoms with Gasteiger partial charge in [-0.05, 0) is 65.5 Å². The van der Waals surface area contributed by atoms with Gasteiger partial charge in [-0.25, -0.2) is 4.79 Å². The highest BCUT2D eigenvalue weighted by molar-refractivity contribution is 5.85. The highest BCUT2D eigenvalue weighted by Crippen LogP contribution is 2.29. The van der Waals surface area contributed by atoms with Crippen molar-refractivity contribution >= 4 is 18.5 Å². The average molecular weight is 317 g/mol. The van der Waals surface area contributed by atoms with Gasteiger partial charge in [0.15, 0.2) is 0 Å². The lowest BCUT2D eigenvalue weighted by Gasteiger charge is -2.41. The Kier molecular flexibility index (Phi) is 7.53. The molecule has 1 N–H and O–H groups in total. The van der Waals surface area contributed by atoms with Crippen LogP contribution in [0.1, 0.15) is 52.4 Å². The predicted octanol–water partition coefficient (Wildman–Crippen LogP) is 3.51. The van der Waals surface area contributed by atoms with Crippen molar-refractivity contribution in [3.8, 4) is 0 Å². The van der Waals surface area contributed by atoms with Crippen molar-refractivity contribution < 1.29 is 9.53 Å². The summed E-state index contributed by atoms with van der Waals surface area (Å²) in [4.78, 5) is 14.5. The van der Waals surface area contributed by atoms with Gasteiger partial charge < -0.3 is 15.0 Å². The van der Waals surface area contributed by atoms with Gasteiger partial charge in [-0.3, -0.25) is 0 Å². The number of carbonyl (C=O) groups excluding carboxylic acids is 1. The van der Waals surface area contributed by atoms with Crippen molar-refractivity contribution in [3.63, 3.8) is 0 Å². The van der Waals surface area contributed by atoms with Crippen LogP contribution in [-0.4, -0.2) is 42.3 Å². The van der Waals surface area contributed by atoms with Crippen LogP contribution in [0.25, 0.3) is 0 Å². The third kappa shape index (κ3) is 5.19. The molecule has 1 heterocycles. The first-order valence-electron chi connectivity index (χ1n) is 7.94. The van der Waals surface area contributed by atoms with E-state index in [2.05, 4.69) is 11.9 Å². The average Bonchev–Trinajstić information content (AvgIpc) is 2.42. The Balaban J connectivity index is 0.00000220. The third-order valence-electron chi connectivity index (χ3n) is 4.31. The molecular weight excluding hydrogens is 288 g/mol. The summed E-state index contributed by atoms with van der Waals surface area (Å²) >= 11 is 0.